The summed E-state index contributed by atoms with van der Waals surface area (Å²) in [5.41, 5.74) is 2.47. The molecule has 112 valence electrons. The van der Waals surface area contributed by atoms with Crippen LogP contribution < -0.4 is 0 Å². The highest BCUT2D eigenvalue weighted by Gasteiger charge is 2.16. The summed E-state index contributed by atoms with van der Waals surface area (Å²) in [5, 5.41) is 25.0. The van der Waals surface area contributed by atoms with Gasteiger partial charge in [-0.05, 0) is 40.6 Å². The molecule has 23 heavy (non-hydrogen) atoms. The van der Waals surface area contributed by atoms with Crippen LogP contribution in [0.15, 0.2) is 66.7 Å². The van der Waals surface area contributed by atoms with Gasteiger partial charge in [0.05, 0.1) is 0 Å². The first-order valence-corrected chi connectivity index (χ1v) is 7.58. The van der Waals surface area contributed by atoms with Crippen molar-refractivity contribution in [2.45, 2.75) is 6.92 Å². The highest BCUT2D eigenvalue weighted by atomic mass is 16.3. The third-order valence-corrected chi connectivity index (χ3v) is 4.31. The summed E-state index contributed by atoms with van der Waals surface area (Å²) < 4.78 is 0. The third kappa shape index (κ3) is 2.11. The van der Waals surface area contributed by atoms with E-state index in [2.05, 4.69) is 0 Å². The predicted octanol–water partition coefficient (Wildman–Crippen LogP) is 5.38. The highest BCUT2D eigenvalue weighted by molar-refractivity contribution is 6.09. The fourth-order valence-electron chi connectivity index (χ4n) is 3.21. The number of aromatic hydroxyl groups is 2. The fourth-order valence-corrected chi connectivity index (χ4v) is 3.21. The summed E-state index contributed by atoms with van der Waals surface area (Å²) >= 11 is 0. The lowest BCUT2D eigenvalue weighted by atomic mass is 9.92. The molecule has 4 aromatic rings. The van der Waals surface area contributed by atoms with Crippen molar-refractivity contribution in [2.75, 3.05) is 0 Å². The molecule has 0 radical (unpaired) electrons. The van der Waals surface area contributed by atoms with Gasteiger partial charge >= 0.3 is 0 Å². The second-order valence-corrected chi connectivity index (χ2v) is 5.87. The van der Waals surface area contributed by atoms with Crippen LogP contribution in [0.3, 0.4) is 0 Å². The number of hydrogen-bond acceptors (Lipinski definition) is 2. The number of aryl methyl sites for hydroxylation is 1. The largest absolute Gasteiger partial charge is 0.507 e. The highest BCUT2D eigenvalue weighted by Crippen LogP contribution is 2.44. The molecule has 0 aliphatic rings. The smallest absolute Gasteiger partial charge is 0.124 e. The van der Waals surface area contributed by atoms with E-state index in [4.69, 9.17) is 0 Å². The molecule has 0 aliphatic heterocycles. The number of benzene rings is 4. The maximum Gasteiger partial charge on any atom is 0.124 e. The van der Waals surface area contributed by atoms with Gasteiger partial charge in [-0.15, -0.1) is 0 Å². The molecule has 0 aliphatic carbocycles. The van der Waals surface area contributed by atoms with E-state index in [0.717, 1.165) is 27.1 Å². The Kier molecular flexibility index (Phi) is 2.98. The summed E-state index contributed by atoms with van der Waals surface area (Å²) in [6.45, 7) is 2.02. The van der Waals surface area contributed by atoms with E-state index < -0.39 is 0 Å². The number of hydrogen-bond donors (Lipinski definition) is 2. The second kappa shape index (κ2) is 5.03. The molecule has 0 unspecified atom stereocenters. The Morgan fingerprint density at radius 2 is 1.17 bits per heavy atom. The standard InChI is InChI=1S/C21H16O2/c1-13-6-7-15-9-11-19(23)21(17(15)12-13)20-16-5-3-2-4-14(16)8-10-18(20)22/h2-12,22-23H,1H3. The van der Waals surface area contributed by atoms with Gasteiger partial charge in [0.15, 0.2) is 0 Å². The Morgan fingerprint density at radius 3 is 1.91 bits per heavy atom. The molecule has 4 rings (SSSR count). The van der Waals surface area contributed by atoms with Crippen LogP contribution in [0.2, 0.25) is 0 Å². The SMILES string of the molecule is Cc1ccc2ccc(O)c(-c3c(O)ccc4ccccc34)c2c1. The normalized spacial score (nSPS) is 11.2. The molecule has 0 aromatic heterocycles. The van der Waals surface area contributed by atoms with Crippen LogP contribution in [-0.4, -0.2) is 10.2 Å². The third-order valence-electron chi connectivity index (χ3n) is 4.31. The Bertz CT molecular complexity index is 1040. The molecule has 2 heteroatoms. The molecule has 0 saturated heterocycles. The Labute approximate surface area is 134 Å². The maximum atomic E-state index is 10.5. The first-order chi connectivity index (χ1) is 11.1. The van der Waals surface area contributed by atoms with Gasteiger partial charge in [0, 0.05) is 11.1 Å². The summed E-state index contributed by atoms with van der Waals surface area (Å²) in [7, 11) is 0. The lowest BCUT2D eigenvalue weighted by Gasteiger charge is -2.14. The maximum absolute atomic E-state index is 10.5. The Balaban J connectivity index is 2.21. The zero-order valence-electron chi connectivity index (χ0n) is 12.7. The van der Waals surface area contributed by atoms with Gasteiger partial charge in [0.2, 0.25) is 0 Å². The van der Waals surface area contributed by atoms with Crippen LogP contribution in [0.25, 0.3) is 32.7 Å². The van der Waals surface area contributed by atoms with Gasteiger partial charge in [-0.2, -0.15) is 0 Å². The molecule has 0 spiro atoms. The van der Waals surface area contributed by atoms with Crippen LogP contribution in [0.5, 0.6) is 11.5 Å². The van der Waals surface area contributed by atoms with Crippen LogP contribution in [-0.2, 0) is 0 Å². The molecule has 2 N–H and O–H groups in total. The van der Waals surface area contributed by atoms with Crippen molar-refractivity contribution < 1.29 is 10.2 Å². The summed E-state index contributed by atoms with van der Waals surface area (Å²) in [6.07, 6.45) is 0. The second-order valence-electron chi connectivity index (χ2n) is 5.87. The van der Waals surface area contributed by atoms with E-state index in [0.29, 0.717) is 11.1 Å². The van der Waals surface area contributed by atoms with Crippen LogP contribution in [0, 0.1) is 6.92 Å². The Hall–Kier alpha value is -3.00. The summed E-state index contributed by atoms with van der Waals surface area (Å²) in [5.74, 6) is 0.350. The van der Waals surface area contributed by atoms with Gasteiger partial charge in [0.1, 0.15) is 11.5 Å². The van der Waals surface area contributed by atoms with Crippen molar-refractivity contribution in [3.63, 3.8) is 0 Å². The average molecular weight is 300 g/mol. The monoisotopic (exact) mass is 300 g/mol. The molecule has 2 nitrogen and oxygen atoms in total. The summed E-state index contributed by atoms with van der Waals surface area (Å²) in [6, 6.07) is 21.2. The van der Waals surface area contributed by atoms with Gasteiger partial charge in [0.25, 0.3) is 0 Å². The van der Waals surface area contributed by atoms with E-state index in [1.807, 2.05) is 61.5 Å². The van der Waals surface area contributed by atoms with Crippen molar-refractivity contribution in [1.29, 1.82) is 0 Å². The predicted molar refractivity (Wildman–Crippen MR) is 95.0 cm³/mol. The van der Waals surface area contributed by atoms with Crippen molar-refractivity contribution in [3.8, 4) is 22.6 Å². The molecular formula is C21H16O2. The molecule has 0 amide bonds. The van der Waals surface area contributed by atoms with Gasteiger partial charge in [-0.1, -0.05) is 60.2 Å². The van der Waals surface area contributed by atoms with Crippen LogP contribution in [0.1, 0.15) is 5.56 Å². The molecule has 4 aromatic carbocycles. The Morgan fingerprint density at radius 1 is 0.609 bits per heavy atom. The molecule has 0 saturated carbocycles. The topological polar surface area (TPSA) is 40.5 Å². The van der Waals surface area contributed by atoms with Crippen LogP contribution >= 0.6 is 0 Å². The van der Waals surface area contributed by atoms with Crippen molar-refractivity contribution in [2.24, 2.45) is 0 Å². The number of phenolic OH excluding ortho intramolecular Hbond substituents is 2. The van der Waals surface area contributed by atoms with E-state index in [9.17, 15) is 10.2 Å². The van der Waals surface area contributed by atoms with E-state index >= 15 is 0 Å². The molecular weight excluding hydrogens is 284 g/mol. The van der Waals surface area contributed by atoms with E-state index in [1.54, 1.807) is 12.1 Å². The lowest BCUT2D eigenvalue weighted by molar-refractivity contribution is 0.470. The molecule has 0 atom stereocenters. The fraction of sp³-hybridized carbons (Fsp3) is 0.0476. The van der Waals surface area contributed by atoms with Crippen molar-refractivity contribution >= 4 is 21.5 Å². The van der Waals surface area contributed by atoms with Gasteiger partial charge < -0.3 is 10.2 Å². The summed E-state index contributed by atoms with van der Waals surface area (Å²) in [4.78, 5) is 0. The van der Waals surface area contributed by atoms with E-state index in [-0.39, 0.29) is 11.5 Å². The van der Waals surface area contributed by atoms with Crippen LogP contribution in [0.4, 0.5) is 0 Å². The lowest BCUT2D eigenvalue weighted by Crippen LogP contribution is -1.87. The van der Waals surface area contributed by atoms with Crippen molar-refractivity contribution in [3.05, 3.63) is 72.3 Å². The first kappa shape index (κ1) is 13.6. The number of rotatable bonds is 1. The van der Waals surface area contributed by atoms with Gasteiger partial charge in [-0.3, -0.25) is 0 Å². The molecule has 0 fully saturated rings. The zero-order chi connectivity index (χ0) is 16.0. The minimum absolute atomic E-state index is 0.174. The minimum Gasteiger partial charge on any atom is -0.507 e. The number of fused-ring (bicyclic) bond motifs is 2. The first-order valence-electron chi connectivity index (χ1n) is 7.58. The minimum atomic E-state index is 0.174. The van der Waals surface area contributed by atoms with E-state index in [1.165, 1.54) is 0 Å². The van der Waals surface area contributed by atoms with Crippen molar-refractivity contribution in [1.82, 2.24) is 0 Å². The zero-order valence-corrected chi connectivity index (χ0v) is 12.7. The molecule has 0 heterocycles. The average Bonchev–Trinajstić information content (AvgIpc) is 2.56. The molecule has 0 bridgehead atoms. The number of phenols is 2. The van der Waals surface area contributed by atoms with Gasteiger partial charge in [-0.25, -0.2) is 0 Å². The quantitative estimate of drug-likeness (QED) is 0.495.